The first-order valence-corrected chi connectivity index (χ1v) is 11.6. The van der Waals surface area contributed by atoms with Crippen molar-refractivity contribution in [1.82, 2.24) is 4.90 Å². The lowest BCUT2D eigenvalue weighted by Crippen LogP contribution is -2.74. The van der Waals surface area contributed by atoms with E-state index in [1.54, 1.807) is 12.1 Å². The van der Waals surface area contributed by atoms with Crippen molar-refractivity contribution in [3.05, 3.63) is 47.1 Å². The number of hydrogen-bond donors (Lipinski definition) is 1. The van der Waals surface area contributed by atoms with Crippen LogP contribution in [0.15, 0.2) is 41.5 Å². The molecule has 6 rings (SSSR count). The molecule has 6 heteroatoms. The highest BCUT2D eigenvalue weighted by Gasteiger charge is 2.79. The second-order valence-electron chi connectivity index (χ2n) is 9.67. The molecule has 1 saturated carbocycles. The molecule has 0 unspecified atom stereocenters. The number of carbonyl (C=O) groups is 2. The number of hydrogen-bond acceptors (Lipinski definition) is 6. The van der Waals surface area contributed by atoms with Crippen LogP contribution in [-0.4, -0.2) is 59.0 Å². The average molecular weight is 438 g/mol. The van der Waals surface area contributed by atoms with Crippen LogP contribution in [0.25, 0.3) is 0 Å². The van der Waals surface area contributed by atoms with Crippen LogP contribution in [0.4, 0.5) is 0 Å². The summed E-state index contributed by atoms with van der Waals surface area (Å²) in [5.41, 5.74) is -0.636. The van der Waals surface area contributed by atoms with Gasteiger partial charge in [-0.3, -0.25) is 9.59 Å². The molecule has 32 heavy (non-hydrogen) atoms. The van der Waals surface area contributed by atoms with Crippen LogP contribution in [0.3, 0.4) is 0 Å². The van der Waals surface area contributed by atoms with Crippen LogP contribution in [0.1, 0.15) is 44.5 Å². The lowest BCUT2D eigenvalue weighted by Gasteiger charge is -2.58. The molecule has 5 atom stereocenters. The Morgan fingerprint density at radius 2 is 2.00 bits per heavy atom. The van der Waals surface area contributed by atoms with Gasteiger partial charge in [-0.2, -0.15) is 0 Å². The highest BCUT2D eigenvalue weighted by molar-refractivity contribution is 6.18. The van der Waals surface area contributed by atoms with Crippen LogP contribution in [0.2, 0.25) is 0 Å². The molecule has 2 heterocycles. The first kappa shape index (κ1) is 21.4. The molecule has 1 aromatic carbocycles. The topological polar surface area (TPSA) is 76.1 Å². The maximum atomic E-state index is 14.0. The molecule has 6 nitrogen and oxygen atoms in total. The van der Waals surface area contributed by atoms with Crippen LogP contribution in [0.5, 0.6) is 11.5 Å². The first-order valence-electron chi connectivity index (χ1n) is 11.6. The maximum Gasteiger partial charge on any atom is 0.200 e. The third-order valence-electron chi connectivity index (χ3n) is 7.96. The second-order valence-corrected chi connectivity index (χ2v) is 9.67. The van der Waals surface area contributed by atoms with Crippen molar-refractivity contribution >= 4 is 11.6 Å². The van der Waals surface area contributed by atoms with E-state index in [4.69, 9.17) is 9.47 Å². The number of phenolic OH excluding ortho intramolecular Hbond substituents is 1. The number of Topliss-reactive ketones (excluding diaryl/α,β-unsaturated/α-hetero) is 2. The summed E-state index contributed by atoms with van der Waals surface area (Å²) >= 11 is 0. The van der Waals surface area contributed by atoms with Crippen LogP contribution < -0.4 is 4.74 Å². The first-order chi connectivity index (χ1) is 15.3. The number of rotatable bonds is 6. The van der Waals surface area contributed by atoms with E-state index in [1.165, 1.54) is 6.07 Å². The van der Waals surface area contributed by atoms with Crippen molar-refractivity contribution in [3.63, 3.8) is 0 Å². The fourth-order valence-electron chi connectivity index (χ4n) is 6.35. The predicted octanol–water partition coefficient (Wildman–Crippen LogP) is 3.54. The number of nitrogens with zero attached hydrogens (tertiary/aromatic N) is 1. The number of ether oxygens (including phenoxy) is 2. The highest BCUT2D eigenvalue weighted by atomic mass is 16.6. The van der Waals surface area contributed by atoms with Gasteiger partial charge in [0.25, 0.3) is 0 Å². The summed E-state index contributed by atoms with van der Waals surface area (Å²) in [4.78, 5) is 30.1. The Balaban J connectivity index is 1.72. The molecule has 1 saturated heterocycles. The van der Waals surface area contributed by atoms with Gasteiger partial charge in [-0.25, -0.2) is 0 Å². The van der Waals surface area contributed by atoms with E-state index in [0.717, 1.165) is 25.2 Å². The Bertz CT molecular complexity index is 1050. The maximum absolute atomic E-state index is 14.0. The van der Waals surface area contributed by atoms with E-state index in [0.29, 0.717) is 24.4 Å². The van der Waals surface area contributed by atoms with Crippen molar-refractivity contribution in [3.8, 4) is 11.5 Å². The van der Waals surface area contributed by atoms with Crippen molar-refractivity contribution in [1.29, 1.82) is 0 Å². The van der Waals surface area contributed by atoms with Gasteiger partial charge in [-0.15, -0.1) is 0 Å². The number of benzene rings is 1. The third-order valence-corrected chi connectivity index (χ3v) is 7.96. The SMILES string of the molecule is CCN(CC)C[C@@H]1[C@H]2CO[C@@]3(CC=C(C)C)C(=O)[C@@H]1C=C1C(=O)c4c(O)cccc4O[C@]123. The minimum Gasteiger partial charge on any atom is -0.507 e. The number of carbonyl (C=O) groups excluding carboxylic acids is 2. The van der Waals surface area contributed by atoms with Crippen LogP contribution >= 0.6 is 0 Å². The van der Waals surface area contributed by atoms with Crippen molar-refractivity contribution in [2.75, 3.05) is 26.2 Å². The van der Waals surface area contributed by atoms with Gasteiger partial charge in [0.2, 0.25) is 0 Å². The molecule has 4 bridgehead atoms. The van der Waals surface area contributed by atoms with Crippen molar-refractivity contribution < 1.29 is 24.2 Å². The van der Waals surface area contributed by atoms with Gasteiger partial charge >= 0.3 is 0 Å². The lowest BCUT2D eigenvalue weighted by atomic mass is 9.49. The zero-order chi connectivity index (χ0) is 22.8. The molecule has 0 radical (unpaired) electrons. The number of fused-ring (bicyclic) bond motifs is 1. The largest absolute Gasteiger partial charge is 0.507 e. The van der Waals surface area contributed by atoms with Gasteiger partial charge in [0, 0.05) is 30.4 Å². The molecule has 170 valence electrons. The summed E-state index contributed by atoms with van der Waals surface area (Å²) in [6.45, 7) is 11.1. The Kier molecular flexibility index (Phi) is 4.88. The second kappa shape index (κ2) is 7.29. The van der Waals surface area contributed by atoms with Gasteiger partial charge in [0.15, 0.2) is 22.8 Å². The Morgan fingerprint density at radius 3 is 2.69 bits per heavy atom. The third kappa shape index (κ3) is 2.54. The van der Waals surface area contributed by atoms with E-state index >= 15 is 0 Å². The molecule has 3 aliphatic carbocycles. The number of aromatic hydroxyl groups is 1. The quantitative estimate of drug-likeness (QED) is 0.686. The van der Waals surface area contributed by atoms with E-state index in [1.807, 2.05) is 26.0 Å². The molecular weight excluding hydrogens is 406 g/mol. The van der Waals surface area contributed by atoms with Crippen LogP contribution in [-0.2, 0) is 9.53 Å². The fourth-order valence-corrected chi connectivity index (χ4v) is 6.35. The van der Waals surface area contributed by atoms with E-state index in [-0.39, 0.29) is 34.7 Å². The smallest absolute Gasteiger partial charge is 0.200 e. The molecule has 2 fully saturated rings. The molecule has 1 spiro atoms. The van der Waals surface area contributed by atoms with E-state index in [9.17, 15) is 14.7 Å². The van der Waals surface area contributed by atoms with Gasteiger partial charge in [-0.05, 0) is 45.0 Å². The summed E-state index contributed by atoms with van der Waals surface area (Å²) < 4.78 is 13.1. The number of allylic oxidation sites excluding steroid dienone is 2. The summed E-state index contributed by atoms with van der Waals surface area (Å²) in [6, 6.07) is 4.87. The molecular formula is C26H31NO5. The Labute approximate surface area is 188 Å². The molecule has 1 N–H and O–H groups in total. The zero-order valence-electron chi connectivity index (χ0n) is 19.2. The summed E-state index contributed by atoms with van der Waals surface area (Å²) in [6.07, 6.45) is 4.22. The predicted molar refractivity (Wildman–Crippen MR) is 120 cm³/mol. The van der Waals surface area contributed by atoms with E-state index < -0.39 is 17.1 Å². The molecule has 0 amide bonds. The minimum atomic E-state index is -1.22. The van der Waals surface area contributed by atoms with Crippen molar-refractivity contribution in [2.45, 2.75) is 45.3 Å². The lowest BCUT2D eigenvalue weighted by molar-refractivity contribution is -0.171. The minimum absolute atomic E-state index is 0.0140. The molecule has 5 aliphatic rings. The van der Waals surface area contributed by atoms with Gasteiger partial charge in [-0.1, -0.05) is 37.6 Å². The Morgan fingerprint density at radius 1 is 1.25 bits per heavy atom. The number of ketones is 2. The summed E-state index contributed by atoms with van der Waals surface area (Å²) in [5.74, 6) is -0.496. The molecule has 1 aromatic rings. The Hall–Kier alpha value is -2.44. The molecule has 0 aromatic heterocycles. The van der Waals surface area contributed by atoms with Crippen LogP contribution in [0, 0.1) is 17.8 Å². The average Bonchev–Trinajstić information content (AvgIpc) is 3.05. The van der Waals surface area contributed by atoms with Gasteiger partial charge in [0.05, 0.1) is 6.61 Å². The monoisotopic (exact) mass is 437 g/mol. The summed E-state index contributed by atoms with van der Waals surface area (Å²) in [5, 5.41) is 10.4. The summed E-state index contributed by atoms with van der Waals surface area (Å²) in [7, 11) is 0. The fraction of sp³-hybridized carbons (Fsp3) is 0.538. The standard InChI is InChI=1S/C26H31NO5/c1-5-27(6-2)13-17-16-12-18-23(29)22-20(28)8-7-9-21(22)32-26(18)19(17)14-31-25(26,24(16)30)11-10-15(3)4/h7-10,12,16-17,19,28H,5-6,11,13-14H2,1-4H3/t16-,17+,19-,25+,26-/m1/s1. The van der Waals surface area contributed by atoms with E-state index in [2.05, 4.69) is 18.7 Å². The zero-order valence-corrected chi connectivity index (χ0v) is 19.2. The van der Waals surface area contributed by atoms with Gasteiger partial charge in [0.1, 0.15) is 17.1 Å². The highest BCUT2D eigenvalue weighted by Crippen LogP contribution is 2.65. The van der Waals surface area contributed by atoms with Gasteiger partial charge < -0.3 is 19.5 Å². The number of phenols is 1. The normalized spacial score (nSPS) is 34.2. The molecule has 2 aliphatic heterocycles. The van der Waals surface area contributed by atoms with Crippen molar-refractivity contribution in [2.24, 2.45) is 17.8 Å².